The van der Waals surface area contributed by atoms with Gasteiger partial charge in [0.15, 0.2) is 0 Å². The van der Waals surface area contributed by atoms with Gasteiger partial charge < -0.3 is 15.4 Å². The van der Waals surface area contributed by atoms with Gasteiger partial charge in [-0.05, 0) is 12.1 Å². The average molecular weight is 194 g/mol. The molecule has 0 bridgehead atoms. The SMILES string of the molecule is COC(=O)CN(C)c1ccccc1N. The van der Waals surface area contributed by atoms with Gasteiger partial charge >= 0.3 is 5.97 Å². The van der Waals surface area contributed by atoms with Crippen molar-refractivity contribution in [3.8, 4) is 0 Å². The van der Waals surface area contributed by atoms with Crippen LogP contribution < -0.4 is 10.6 Å². The van der Waals surface area contributed by atoms with Crippen LogP contribution in [0.3, 0.4) is 0 Å². The molecule has 4 nitrogen and oxygen atoms in total. The van der Waals surface area contributed by atoms with E-state index in [0.29, 0.717) is 5.69 Å². The molecule has 0 radical (unpaired) electrons. The number of hydrogen-bond acceptors (Lipinski definition) is 4. The molecule has 0 saturated carbocycles. The molecule has 2 N–H and O–H groups in total. The van der Waals surface area contributed by atoms with Gasteiger partial charge in [-0.2, -0.15) is 0 Å². The molecule has 1 rings (SSSR count). The van der Waals surface area contributed by atoms with Crippen LogP contribution in [0.1, 0.15) is 0 Å². The standard InChI is InChI=1S/C10H14N2O2/c1-12(7-10(13)14-2)9-6-4-3-5-8(9)11/h3-6H,7,11H2,1-2H3. The Morgan fingerprint density at radius 3 is 2.71 bits per heavy atom. The maximum absolute atomic E-state index is 11.0. The molecule has 1 aromatic rings. The van der Waals surface area contributed by atoms with Crippen molar-refractivity contribution in [1.82, 2.24) is 0 Å². The topological polar surface area (TPSA) is 55.6 Å². The van der Waals surface area contributed by atoms with Gasteiger partial charge in [-0.15, -0.1) is 0 Å². The van der Waals surface area contributed by atoms with Crippen LogP contribution >= 0.6 is 0 Å². The minimum absolute atomic E-state index is 0.199. The second kappa shape index (κ2) is 4.50. The summed E-state index contributed by atoms with van der Waals surface area (Å²) in [6, 6.07) is 7.38. The molecule has 0 amide bonds. The van der Waals surface area contributed by atoms with Crippen molar-refractivity contribution in [2.24, 2.45) is 0 Å². The molecule has 0 aliphatic heterocycles. The number of carbonyl (C=O) groups excluding carboxylic acids is 1. The molecule has 0 spiro atoms. The van der Waals surface area contributed by atoms with E-state index in [1.165, 1.54) is 7.11 Å². The number of para-hydroxylation sites is 2. The van der Waals surface area contributed by atoms with Crippen LogP contribution in [0, 0.1) is 0 Å². The summed E-state index contributed by atoms with van der Waals surface area (Å²) >= 11 is 0. The predicted molar refractivity (Wildman–Crippen MR) is 56.1 cm³/mol. The van der Waals surface area contributed by atoms with Crippen molar-refractivity contribution in [3.05, 3.63) is 24.3 Å². The fraction of sp³-hybridized carbons (Fsp3) is 0.300. The lowest BCUT2D eigenvalue weighted by Crippen LogP contribution is -2.26. The summed E-state index contributed by atoms with van der Waals surface area (Å²) < 4.78 is 4.56. The molecule has 1 aromatic carbocycles. The van der Waals surface area contributed by atoms with Gasteiger partial charge in [0, 0.05) is 7.05 Å². The van der Waals surface area contributed by atoms with E-state index in [0.717, 1.165) is 5.69 Å². The first-order valence-electron chi connectivity index (χ1n) is 4.27. The highest BCUT2D eigenvalue weighted by molar-refractivity contribution is 5.78. The van der Waals surface area contributed by atoms with Crippen molar-refractivity contribution < 1.29 is 9.53 Å². The summed E-state index contributed by atoms with van der Waals surface area (Å²) in [5.41, 5.74) is 7.23. The number of benzene rings is 1. The lowest BCUT2D eigenvalue weighted by Gasteiger charge is -2.19. The molecule has 0 unspecified atom stereocenters. The molecule has 14 heavy (non-hydrogen) atoms. The lowest BCUT2D eigenvalue weighted by molar-refractivity contribution is -0.138. The lowest BCUT2D eigenvalue weighted by atomic mass is 10.2. The molecule has 0 aliphatic rings. The van der Waals surface area contributed by atoms with Crippen LogP contribution in [-0.4, -0.2) is 26.7 Å². The van der Waals surface area contributed by atoms with Crippen LogP contribution in [-0.2, 0) is 9.53 Å². The quantitative estimate of drug-likeness (QED) is 0.573. The zero-order valence-corrected chi connectivity index (χ0v) is 8.36. The molecule has 0 aromatic heterocycles. The number of esters is 1. The molecule has 0 saturated heterocycles. The zero-order chi connectivity index (χ0) is 10.6. The highest BCUT2D eigenvalue weighted by Gasteiger charge is 2.08. The Kier molecular flexibility index (Phi) is 3.34. The Hall–Kier alpha value is -1.71. The third-order valence-electron chi connectivity index (χ3n) is 1.94. The van der Waals surface area contributed by atoms with Gasteiger partial charge in [-0.1, -0.05) is 12.1 Å². The first kappa shape index (κ1) is 10.4. The summed E-state index contributed by atoms with van der Waals surface area (Å²) in [6.07, 6.45) is 0. The van der Waals surface area contributed by atoms with E-state index < -0.39 is 0 Å². The monoisotopic (exact) mass is 194 g/mol. The summed E-state index contributed by atoms with van der Waals surface area (Å²) in [7, 11) is 3.16. The molecule has 0 heterocycles. The third-order valence-corrected chi connectivity index (χ3v) is 1.94. The summed E-state index contributed by atoms with van der Waals surface area (Å²) in [5.74, 6) is -0.282. The number of likely N-dealkylation sites (N-methyl/N-ethyl adjacent to an activating group) is 1. The second-order valence-electron chi connectivity index (χ2n) is 2.99. The van der Waals surface area contributed by atoms with Crippen LogP contribution in [0.5, 0.6) is 0 Å². The maximum atomic E-state index is 11.0. The molecular weight excluding hydrogens is 180 g/mol. The zero-order valence-electron chi connectivity index (χ0n) is 8.36. The molecule has 4 heteroatoms. The molecule has 0 aliphatic carbocycles. The van der Waals surface area contributed by atoms with E-state index in [9.17, 15) is 4.79 Å². The van der Waals surface area contributed by atoms with Crippen molar-refractivity contribution in [2.75, 3.05) is 31.3 Å². The summed E-state index contributed by atoms with van der Waals surface area (Å²) in [4.78, 5) is 12.8. The number of ether oxygens (including phenoxy) is 1. The molecule has 0 atom stereocenters. The Labute approximate surface area is 83.3 Å². The number of nitrogen functional groups attached to an aromatic ring is 1. The van der Waals surface area contributed by atoms with E-state index >= 15 is 0 Å². The Balaban J connectivity index is 2.74. The van der Waals surface area contributed by atoms with Gasteiger partial charge in [0.2, 0.25) is 0 Å². The number of methoxy groups -OCH3 is 1. The van der Waals surface area contributed by atoms with Crippen LogP contribution in [0.4, 0.5) is 11.4 Å². The Bertz CT molecular complexity index is 326. The van der Waals surface area contributed by atoms with Gasteiger partial charge in [-0.3, -0.25) is 4.79 Å². The Morgan fingerprint density at radius 2 is 2.14 bits per heavy atom. The van der Waals surface area contributed by atoms with E-state index in [1.54, 1.807) is 18.0 Å². The van der Waals surface area contributed by atoms with E-state index in [-0.39, 0.29) is 12.5 Å². The maximum Gasteiger partial charge on any atom is 0.325 e. The van der Waals surface area contributed by atoms with Crippen molar-refractivity contribution in [3.63, 3.8) is 0 Å². The van der Waals surface area contributed by atoms with E-state index in [1.807, 2.05) is 18.2 Å². The summed E-state index contributed by atoms with van der Waals surface area (Å²) in [5, 5.41) is 0. The van der Waals surface area contributed by atoms with Gasteiger partial charge in [-0.25, -0.2) is 0 Å². The van der Waals surface area contributed by atoms with E-state index in [2.05, 4.69) is 4.74 Å². The highest BCUT2D eigenvalue weighted by Crippen LogP contribution is 2.20. The molecule has 0 fully saturated rings. The van der Waals surface area contributed by atoms with Crippen LogP contribution in [0.15, 0.2) is 24.3 Å². The third kappa shape index (κ3) is 2.39. The smallest absolute Gasteiger partial charge is 0.325 e. The molecular formula is C10H14N2O2. The van der Waals surface area contributed by atoms with Crippen LogP contribution in [0.25, 0.3) is 0 Å². The summed E-state index contributed by atoms with van der Waals surface area (Å²) in [6.45, 7) is 0.199. The predicted octanol–water partition coefficient (Wildman–Crippen LogP) is 0.878. The largest absolute Gasteiger partial charge is 0.468 e. The number of carbonyl (C=O) groups is 1. The average Bonchev–Trinajstić information content (AvgIpc) is 2.18. The van der Waals surface area contributed by atoms with Crippen molar-refractivity contribution >= 4 is 17.3 Å². The number of nitrogens with two attached hydrogens (primary N) is 1. The minimum Gasteiger partial charge on any atom is -0.468 e. The van der Waals surface area contributed by atoms with Gasteiger partial charge in [0.25, 0.3) is 0 Å². The van der Waals surface area contributed by atoms with Crippen LogP contribution in [0.2, 0.25) is 0 Å². The first-order valence-corrected chi connectivity index (χ1v) is 4.27. The number of nitrogens with zero attached hydrogens (tertiary/aromatic N) is 1. The molecule has 76 valence electrons. The van der Waals surface area contributed by atoms with Crippen molar-refractivity contribution in [1.29, 1.82) is 0 Å². The normalized spacial score (nSPS) is 9.57. The number of hydrogen-bond donors (Lipinski definition) is 1. The van der Waals surface area contributed by atoms with Gasteiger partial charge in [0.05, 0.1) is 18.5 Å². The van der Waals surface area contributed by atoms with Gasteiger partial charge in [0.1, 0.15) is 6.54 Å². The fourth-order valence-electron chi connectivity index (χ4n) is 1.18. The van der Waals surface area contributed by atoms with E-state index in [4.69, 9.17) is 5.73 Å². The highest BCUT2D eigenvalue weighted by atomic mass is 16.5. The minimum atomic E-state index is -0.282. The second-order valence-corrected chi connectivity index (χ2v) is 2.99. The Morgan fingerprint density at radius 1 is 1.50 bits per heavy atom. The van der Waals surface area contributed by atoms with Crippen molar-refractivity contribution in [2.45, 2.75) is 0 Å². The number of anilines is 2. The fourth-order valence-corrected chi connectivity index (χ4v) is 1.18. The number of rotatable bonds is 3. The first-order chi connectivity index (χ1) is 6.65.